The molecule has 0 bridgehead atoms. The van der Waals surface area contributed by atoms with E-state index in [1.54, 1.807) is 0 Å². The number of aryl methyl sites for hydroxylation is 1. The number of nitriles is 1. The molecule has 0 spiro atoms. The molecule has 1 aliphatic rings. The first-order chi connectivity index (χ1) is 9.78. The molecule has 2 aromatic rings. The maximum absolute atomic E-state index is 9.45. The summed E-state index contributed by atoms with van der Waals surface area (Å²) in [6.07, 6.45) is 0.679. The van der Waals surface area contributed by atoms with E-state index in [4.69, 9.17) is 9.47 Å². The third-order valence-corrected chi connectivity index (χ3v) is 3.60. The summed E-state index contributed by atoms with van der Waals surface area (Å²) in [5.41, 5.74) is 3.33. The zero-order valence-electron chi connectivity index (χ0n) is 11.3. The Hall–Kier alpha value is -2.47. The normalized spacial score (nSPS) is 13.8. The van der Waals surface area contributed by atoms with Crippen molar-refractivity contribution in [3.8, 4) is 17.6 Å². The van der Waals surface area contributed by atoms with Gasteiger partial charge in [0.15, 0.2) is 11.5 Å². The molecule has 100 valence electrons. The number of ether oxygens (including phenoxy) is 2. The maximum Gasteiger partial charge on any atom is 0.231 e. The van der Waals surface area contributed by atoms with E-state index in [2.05, 4.69) is 6.07 Å². The number of benzene rings is 2. The van der Waals surface area contributed by atoms with E-state index in [9.17, 15) is 5.26 Å². The van der Waals surface area contributed by atoms with Crippen LogP contribution in [-0.2, 0) is 6.42 Å². The zero-order valence-corrected chi connectivity index (χ0v) is 11.3. The van der Waals surface area contributed by atoms with Crippen LogP contribution in [0.25, 0.3) is 0 Å². The lowest BCUT2D eigenvalue weighted by atomic mass is 9.90. The molecule has 3 heteroatoms. The van der Waals surface area contributed by atoms with Gasteiger partial charge in [0.2, 0.25) is 6.79 Å². The van der Waals surface area contributed by atoms with Gasteiger partial charge in [0.1, 0.15) is 0 Å². The molecule has 3 nitrogen and oxygen atoms in total. The molecule has 1 unspecified atom stereocenters. The van der Waals surface area contributed by atoms with Gasteiger partial charge in [-0.2, -0.15) is 5.26 Å². The highest BCUT2D eigenvalue weighted by molar-refractivity contribution is 5.45. The van der Waals surface area contributed by atoms with Gasteiger partial charge in [0.25, 0.3) is 0 Å². The van der Waals surface area contributed by atoms with Crippen LogP contribution in [0.1, 0.15) is 22.6 Å². The van der Waals surface area contributed by atoms with Crippen molar-refractivity contribution in [3.05, 3.63) is 59.2 Å². The van der Waals surface area contributed by atoms with Gasteiger partial charge in [0, 0.05) is 0 Å². The van der Waals surface area contributed by atoms with Crippen molar-refractivity contribution in [2.75, 3.05) is 6.79 Å². The van der Waals surface area contributed by atoms with Gasteiger partial charge in [-0.15, -0.1) is 0 Å². The Morgan fingerprint density at radius 2 is 1.95 bits per heavy atom. The molecule has 0 N–H and O–H groups in total. The standard InChI is InChI=1S/C17H15NO2/c1-12-4-2-3-5-15(12)14(10-18)8-13-6-7-16-17(9-13)20-11-19-16/h2-7,9,14H,8,11H2,1H3. The smallest absolute Gasteiger partial charge is 0.231 e. The number of rotatable bonds is 3. The molecular weight excluding hydrogens is 250 g/mol. The molecule has 20 heavy (non-hydrogen) atoms. The van der Waals surface area contributed by atoms with Gasteiger partial charge in [-0.3, -0.25) is 0 Å². The Labute approximate surface area is 118 Å². The molecule has 0 aliphatic carbocycles. The number of hydrogen-bond acceptors (Lipinski definition) is 3. The summed E-state index contributed by atoms with van der Waals surface area (Å²) in [6.45, 7) is 2.32. The van der Waals surface area contributed by atoms with E-state index in [0.717, 1.165) is 28.2 Å². The molecule has 0 amide bonds. The minimum absolute atomic E-state index is 0.142. The van der Waals surface area contributed by atoms with Gasteiger partial charge in [-0.1, -0.05) is 30.3 Å². The fourth-order valence-corrected chi connectivity index (χ4v) is 2.51. The van der Waals surface area contributed by atoms with Crippen LogP contribution in [0.2, 0.25) is 0 Å². The van der Waals surface area contributed by atoms with Crippen molar-refractivity contribution in [2.24, 2.45) is 0 Å². The van der Waals surface area contributed by atoms with Crippen molar-refractivity contribution in [2.45, 2.75) is 19.3 Å². The maximum atomic E-state index is 9.45. The van der Waals surface area contributed by atoms with E-state index in [-0.39, 0.29) is 12.7 Å². The Bertz CT molecular complexity index is 673. The Kier molecular flexibility index (Phi) is 3.30. The Morgan fingerprint density at radius 3 is 2.75 bits per heavy atom. The molecule has 0 fully saturated rings. The molecule has 0 saturated carbocycles. The summed E-state index contributed by atoms with van der Waals surface area (Å²) < 4.78 is 10.7. The highest BCUT2D eigenvalue weighted by Crippen LogP contribution is 2.34. The van der Waals surface area contributed by atoms with Crippen LogP contribution in [0, 0.1) is 18.3 Å². The minimum atomic E-state index is -0.142. The first-order valence-corrected chi connectivity index (χ1v) is 6.61. The van der Waals surface area contributed by atoms with Crippen LogP contribution in [0.3, 0.4) is 0 Å². The fraction of sp³-hybridized carbons (Fsp3) is 0.235. The van der Waals surface area contributed by atoms with Crippen LogP contribution in [0.4, 0.5) is 0 Å². The lowest BCUT2D eigenvalue weighted by molar-refractivity contribution is 0.174. The van der Waals surface area contributed by atoms with Gasteiger partial charge in [-0.05, 0) is 42.2 Å². The molecule has 0 saturated heterocycles. The fourth-order valence-electron chi connectivity index (χ4n) is 2.51. The molecule has 0 radical (unpaired) electrons. The molecule has 0 aromatic heterocycles. The van der Waals surface area contributed by atoms with Crippen molar-refractivity contribution in [1.29, 1.82) is 5.26 Å². The zero-order chi connectivity index (χ0) is 13.9. The topological polar surface area (TPSA) is 42.2 Å². The molecule has 2 aromatic carbocycles. The third kappa shape index (κ3) is 2.33. The molecule has 1 aliphatic heterocycles. The van der Waals surface area contributed by atoms with Crippen molar-refractivity contribution >= 4 is 0 Å². The highest BCUT2D eigenvalue weighted by Gasteiger charge is 2.17. The van der Waals surface area contributed by atoms with E-state index in [0.29, 0.717) is 6.42 Å². The van der Waals surface area contributed by atoms with Gasteiger partial charge >= 0.3 is 0 Å². The predicted molar refractivity (Wildman–Crippen MR) is 75.8 cm³/mol. The second-order valence-electron chi connectivity index (χ2n) is 4.93. The number of hydrogen-bond donors (Lipinski definition) is 0. The molecular formula is C17H15NO2. The van der Waals surface area contributed by atoms with Crippen molar-refractivity contribution < 1.29 is 9.47 Å². The van der Waals surface area contributed by atoms with Crippen LogP contribution in [0.15, 0.2) is 42.5 Å². The minimum Gasteiger partial charge on any atom is -0.454 e. The Balaban J connectivity index is 1.86. The largest absolute Gasteiger partial charge is 0.454 e. The average Bonchev–Trinajstić information content (AvgIpc) is 2.93. The molecule has 3 rings (SSSR count). The predicted octanol–water partition coefficient (Wildman–Crippen LogP) is 3.57. The average molecular weight is 265 g/mol. The summed E-state index contributed by atoms with van der Waals surface area (Å²) in [7, 11) is 0. The third-order valence-electron chi connectivity index (χ3n) is 3.60. The van der Waals surface area contributed by atoms with Crippen molar-refractivity contribution in [3.63, 3.8) is 0 Å². The van der Waals surface area contributed by atoms with Gasteiger partial charge < -0.3 is 9.47 Å². The van der Waals surface area contributed by atoms with E-state index in [1.807, 2.05) is 49.4 Å². The quantitative estimate of drug-likeness (QED) is 0.852. The van der Waals surface area contributed by atoms with Crippen LogP contribution < -0.4 is 9.47 Å². The lowest BCUT2D eigenvalue weighted by Crippen LogP contribution is -2.02. The Morgan fingerprint density at radius 1 is 1.15 bits per heavy atom. The number of fused-ring (bicyclic) bond motifs is 1. The number of nitrogens with zero attached hydrogens (tertiary/aromatic N) is 1. The summed E-state index contributed by atoms with van der Waals surface area (Å²) in [4.78, 5) is 0. The molecule has 1 heterocycles. The SMILES string of the molecule is Cc1ccccc1C(C#N)Cc1ccc2c(c1)OCO2. The molecule has 1 atom stereocenters. The summed E-state index contributed by atoms with van der Waals surface area (Å²) in [5, 5.41) is 9.45. The highest BCUT2D eigenvalue weighted by atomic mass is 16.7. The first-order valence-electron chi connectivity index (χ1n) is 6.61. The monoisotopic (exact) mass is 265 g/mol. The summed E-state index contributed by atoms with van der Waals surface area (Å²) in [6, 6.07) is 16.3. The van der Waals surface area contributed by atoms with E-state index >= 15 is 0 Å². The summed E-state index contributed by atoms with van der Waals surface area (Å²) in [5.74, 6) is 1.40. The van der Waals surface area contributed by atoms with Gasteiger partial charge in [-0.25, -0.2) is 0 Å². The first kappa shape index (κ1) is 12.6. The van der Waals surface area contributed by atoms with Crippen molar-refractivity contribution in [1.82, 2.24) is 0 Å². The van der Waals surface area contributed by atoms with Gasteiger partial charge in [0.05, 0.1) is 12.0 Å². The second kappa shape index (κ2) is 5.26. The van der Waals surface area contributed by atoms with E-state index < -0.39 is 0 Å². The summed E-state index contributed by atoms with van der Waals surface area (Å²) >= 11 is 0. The van der Waals surface area contributed by atoms with E-state index in [1.165, 1.54) is 0 Å². The van der Waals surface area contributed by atoms with Crippen LogP contribution in [0.5, 0.6) is 11.5 Å². The lowest BCUT2D eigenvalue weighted by Gasteiger charge is -2.12. The van der Waals surface area contributed by atoms with Crippen LogP contribution >= 0.6 is 0 Å². The second-order valence-corrected chi connectivity index (χ2v) is 4.93. The van der Waals surface area contributed by atoms with Crippen LogP contribution in [-0.4, -0.2) is 6.79 Å².